The van der Waals surface area contributed by atoms with Gasteiger partial charge in [0.25, 0.3) is 5.91 Å². The van der Waals surface area contributed by atoms with Crippen LogP contribution in [-0.2, 0) is 6.54 Å². The first-order chi connectivity index (χ1) is 9.34. The lowest BCUT2D eigenvalue weighted by Crippen LogP contribution is -2.30. The molecule has 1 aliphatic carbocycles. The number of rotatable bonds is 3. The average Bonchev–Trinajstić information content (AvgIpc) is 2.90. The van der Waals surface area contributed by atoms with Crippen molar-refractivity contribution in [2.75, 3.05) is 13.2 Å². The maximum Gasteiger partial charge on any atom is 0.258 e. The Morgan fingerprint density at radius 1 is 1.37 bits per heavy atom. The van der Waals surface area contributed by atoms with E-state index in [-0.39, 0.29) is 5.91 Å². The summed E-state index contributed by atoms with van der Waals surface area (Å²) < 4.78 is 7.32. The molecule has 5 heteroatoms. The zero-order chi connectivity index (χ0) is 13.1. The Kier molecular flexibility index (Phi) is 3.71. The second-order valence-electron chi connectivity index (χ2n) is 5.50. The summed E-state index contributed by atoms with van der Waals surface area (Å²) in [6.07, 6.45) is 9.00. The third kappa shape index (κ3) is 2.74. The molecule has 1 saturated carbocycles. The molecule has 0 saturated heterocycles. The third-order valence-electron chi connectivity index (χ3n) is 4.06. The minimum atomic E-state index is -0.0475. The van der Waals surface area contributed by atoms with Gasteiger partial charge in [0, 0.05) is 19.5 Å². The summed E-state index contributed by atoms with van der Waals surface area (Å²) in [6.45, 7) is 2.29. The van der Waals surface area contributed by atoms with Crippen LogP contribution < -0.4 is 10.1 Å². The Balaban J connectivity index is 1.59. The van der Waals surface area contributed by atoms with Gasteiger partial charge in [-0.2, -0.15) is 5.10 Å². The van der Waals surface area contributed by atoms with Gasteiger partial charge in [-0.3, -0.25) is 4.79 Å². The molecule has 3 rings (SSSR count). The summed E-state index contributed by atoms with van der Waals surface area (Å²) >= 11 is 0. The summed E-state index contributed by atoms with van der Waals surface area (Å²) in [5, 5.41) is 7.24. The average molecular weight is 263 g/mol. The van der Waals surface area contributed by atoms with Gasteiger partial charge in [0.15, 0.2) is 0 Å². The van der Waals surface area contributed by atoms with Gasteiger partial charge >= 0.3 is 0 Å². The summed E-state index contributed by atoms with van der Waals surface area (Å²) in [5.74, 6) is 1.23. The Morgan fingerprint density at radius 2 is 2.21 bits per heavy atom. The third-order valence-corrected chi connectivity index (χ3v) is 4.06. The minimum absolute atomic E-state index is 0.0475. The topological polar surface area (TPSA) is 56.2 Å². The number of hydrogen-bond acceptors (Lipinski definition) is 3. The number of carbonyl (C=O) groups excluding carboxylic acids is 1. The predicted molar refractivity (Wildman–Crippen MR) is 71.2 cm³/mol. The standard InChI is InChI=1S/C14H21N3O2/c18-13(15-9-11-5-2-1-3-6-11)12-10-16-17-7-4-8-19-14(12)17/h10-11H,1-9H2,(H,15,18). The van der Waals surface area contributed by atoms with Crippen molar-refractivity contribution in [3.8, 4) is 5.88 Å². The van der Waals surface area contributed by atoms with E-state index in [0.717, 1.165) is 19.5 Å². The van der Waals surface area contributed by atoms with E-state index < -0.39 is 0 Å². The normalized spacial score (nSPS) is 19.6. The first-order valence-electron chi connectivity index (χ1n) is 7.31. The van der Waals surface area contributed by atoms with E-state index in [0.29, 0.717) is 24.0 Å². The van der Waals surface area contributed by atoms with Crippen molar-refractivity contribution in [1.29, 1.82) is 0 Å². The molecule has 1 aromatic rings. The van der Waals surface area contributed by atoms with Gasteiger partial charge in [-0.25, -0.2) is 4.68 Å². The molecule has 0 atom stereocenters. The molecule has 0 unspecified atom stereocenters. The maximum absolute atomic E-state index is 12.2. The quantitative estimate of drug-likeness (QED) is 0.907. The zero-order valence-corrected chi connectivity index (χ0v) is 11.2. The summed E-state index contributed by atoms with van der Waals surface area (Å²) in [7, 11) is 0. The van der Waals surface area contributed by atoms with E-state index >= 15 is 0 Å². The number of fused-ring (bicyclic) bond motifs is 1. The molecule has 5 nitrogen and oxygen atoms in total. The fourth-order valence-corrected chi connectivity index (χ4v) is 2.95. The molecule has 0 bridgehead atoms. The largest absolute Gasteiger partial charge is 0.477 e. The van der Waals surface area contributed by atoms with Crippen LogP contribution >= 0.6 is 0 Å². The summed E-state index contributed by atoms with van der Waals surface area (Å²) in [4.78, 5) is 12.2. The highest BCUT2D eigenvalue weighted by atomic mass is 16.5. The number of carbonyl (C=O) groups is 1. The number of ether oxygens (including phenoxy) is 1. The van der Waals surface area contributed by atoms with Crippen molar-refractivity contribution in [2.24, 2.45) is 5.92 Å². The lowest BCUT2D eigenvalue weighted by Gasteiger charge is -2.22. The lowest BCUT2D eigenvalue weighted by atomic mass is 9.89. The Labute approximate surface area is 113 Å². The van der Waals surface area contributed by atoms with Crippen LogP contribution in [0.25, 0.3) is 0 Å². The molecule has 2 heterocycles. The number of nitrogens with one attached hydrogen (secondary N) is 1. The molecule has 1 amide bonds. The minimum Gasteiger partial charge on any atom is -0.477 e. The van der Waals surface area contributed by atoms with Crippen molar-refractivity contribution in [3.63, 3.8) is 0 Å². The molecule has 1 N–H and O–H groups in total. The molecule has 104 valence electrons. The number of aromatic nitrogens is 2. The number of aryl methyl sites for hydroxylation is 1. The highest BCUT2D eigenvalue weighted by molar-refractivity contribution is 5.96. The Bertz CT molecular complexity index is 450. The molecule has 1 fully saturated rings. The van der Waals surface area contributed by atoms with Crippen LogP contribution in [0.4, 0.5) is 0 Å². The highest BCUT2D eigenvalue weighted by Gasteiger charge is 2.22. The molecule has 0 aromatic carbocycles. The molecule has 2 aliphatic rings. The number of amides is 1. The van der Waals surface area contributed by atoms with Crippen molar-refractivity contribution >= 4 is 5.91 Å². The highest BCUT2D eigenvalue weighted by Crippen LogP contribution is 2.24. The number of nitrogens with zero attached hydrogens (tertiary/aromatic N) is 2. The first kappa shape index (κ1) is 12.5. The SMILES string of the molecule is O=C(NCC1CCCCC1)c1cnn2c1OCCC2. The van der Waals surface area contributed by atoms with Gasteiger partial charge in [0.05, 0.1) is 12.8 Å². The van der Waals surface area contributed by atoms with Gasteiger partial charge in [-0.15, -0.1) is 0 Å². The smallest absolute Gasteiger partial charge is 0.258 e. The van der Waals surface area contributed by atoms with Crippen LogP contribution in [0, 0.1) is 5.92 Å². The van der Waals surface area contributed by atoms with Crippen molar-refractivity contribution in [1.82, 2.24) is 15.1 Å². The fourth-order valence-electron chi connectivity index (χ4n) is 2.95. The maximum atomic E-state index is 12.2. The van der Waals surface area contributed by atoms with E-state index in [1.165, 1.54) is 32.1 Å². The van der Waals surface area contributed by atoms with E-state index in [4.69, 9.17) is 4.74 Å². The molecule has 1 aromatic heterocycles. The number of hydrogen-bond donors (Lipinski definition) is 1. The van der Waals surface area contributed by atoms with E-state index in [1.807, 2.05) is 0 Å². The van der Waals surface area contributed by atoms with Crippen LogP contribution in [0.1, 0.15) is 48.9 Å². The van der Waals surface area contributed by atoms with Crippen LogP contribution in [-0.4, -0.2) is 28.8 Å². The van der Waals surface area contributed by atoms with Crippen molar-refractivity contribution < 1.29 is 9.53 Å². The van der Waals surface area contributed by atoms with Gasteiger partial charge in [0.2, 0.25) is 5.88 Å². The second kappa shape index (κ2) is 5.63. The predicted octanol–water partition coefficient (Wildman–Crippen LogP) is 1.98. The van der Waals surface area contributed by atoms with Crippen LogP contribution in [0.3, 0.4) is 0 Å². The fraction of sp³-hybridized carbons (Fsp3) is 0.714. The molecular formula is C14H21N3O2. The zero-order valence-electron chi connectivity index (χ0n) is 11.2. The Morgan fingerprint density at radius 3 is 3.05 bits per heavy atom. The van der Waals surface area contributed by atoms with E-state index in [9.17, 15) is 4.79 Å². The van der Waals surface area contributed by atoms with Crippen LogP contribution in [0.5, 0.6) is 5.88 Å². The van der Waals surface area contributed by atoms with Gasteiger partial charge in [0.1, 0.15) is 5.56 Å². The summed E-state index contributed by atoms with van der Waals surface area (Å²) in [5.41, 5.74) is 0.579. The van der Waals surface area contributed by atoms with Gasteiger partial charge < -0.3 is 10.1 Å². The van der Waals surface area contributed by atoms with Gasteiger partial charge in [-0.05, 0) is 18.8 Å². The molecular weight excluding hydrogens is 242 g/mol. The van der Waals surface area contributed by atoms with Crippen molar-refractivity contribution in [2.45, 2.75) is 45.1 Å². The molecule has 1 aliphatic heterocycles. The Hall–Kier alpha value is -1.52. The van der Waals surface area contributed by atoms with Crippen LogP contribution in [0.15, 0.2) is 6.20 Å². The second-order valence-corrected chi connectivity index (χ2v) is 5.50. The summed E-state index contributed by atoms with van der Waals surface area (Å²) in [6, 6.07) is 0. The molecule has 0 spiro atoms. The van der Waals surface area contributed by atoms with Gasteiger partial charge in [-0.1, -0.05) is 19.3 Å². The molecule has 0 radical (unpaired) electrons. The first-order valence-corrected chi connectivity index (χ1v) is 7.31. The lowest BCUT2D eigenvalue weighted by molar-refractivity contribution is 0.0937. The molecule has 19 heavy (non-hydrogen) atoms. The van der Waals surface area contributed by atoms with Crippen molar-refractivity contribution in [3.05, 3.63) is 11.8 Å². The van der Waals surface area contributed by atoms with Crippen LogP contribution in [0.2, 0.25) is 0 Å². The van der Waals surface area contributed by atoms with E-state index in [1.54, 1.807) is 10.9 Å². The van der Waals surface area contributed by atoms with E-state index in [2.05, 4.69) is 10.4 Å². The monoisotopic (exact) mass is 263 g/mol.